The molecule has 0 aliphatic rings. The highest BCUT2D eigenvalue weighted by molar-refractivity contribution is 7.77. The van der Waals surface area contributed by atoms with Gasteiger partial charge < -0.3 is 0 Å². The van der Waals surface area contributed by atoms with Crippen molar-refractivity contribution in [2.24, 2.45) is 0 Å². The molecule has 1 aromatic rings. The lowest BCUT2D eigenvalue weighted by Gasteiger charge is -2.03. The Labute approximate surface area is 80.6 Å². The molecule has 66 valence electrons. The molecular weight excluding hydrogens is 164 g/mol. The van der Waals surface area contributed by atoms with E-state index in [-0.39, 0.29) is 0 Å². The highest BCUT2D eigenvalue weighted by Gasteiger charge is 1.95. The second-order valence-electron chi connectivity index (χ2n) is 3.07. The molecule has 1 aromatic carbocycles. The Morgan fingerprint density at radius 3 is 1.83 bits per heavy atom. The van der Waals surface area contributed by atoms with Crippen molar-refractivity contribution in [1.29, 1.82) is 0 Å². The second-order valence-corrected chi connectivity index (χ2v) is 3.07. The van der Waals surface area contributed by atoms with Crippen molar-refractivity contribution in [3.63, 3.8) is 0 Å². The van der Waals surface area contributed by atoms with Crippen LogP contribution in [0.15, 0.2) is 24.3 Å². The molecule has 0 spiro atoms. The molecule has 0 amide bonds. The van der Waals surface area contributed by atoms with Gasteiger partial charge in [-0.05, 0) is 24.3 Å². The van der Waals surface area contributed by atoms with Crippen LogP contribution in [0.25, 0.3) is 0 Å². The zero-order valence-electron chi connectivity index (χ0n) is 8.00. The van der Waals surface area contributed by atoms with Crippen LogP contribution in [0.1, 0.15) is 30.9 Å². The van der Waals surface area contributed by atoms with E-state index in [2.05, 4.69) is 63.1 Å². The maximum atomic E-state index is 3.83. The van der Waals surface area contributed by atoms with E-state index in [9.17, 15) is 0 Å². The minimum atomic E-state index is 0.653. The van der Waals surface area contributed by atoms with E-state index in [0.717, 1.165) is 0 Å². The Bertz CT molecular complexity index is 211. The minimum Gasteiger partial charge on any atom is -0.0973 e. The molecule has 1 heteroatoms. The summed E-state index contributed by atoms with van der Waals surface area (Å²) in [5.74, 6) is 3.49. The minimum absolute atomic E-state index is 0.653. The van der Waals surface area contributed by atoms with Crippen molar-refractivity contribution in [3.8, 4) is 0 Å². The van der Waals surface area contributed by atoms with Gasteiger partial charge in [-0.1, -0.05) is 55.9 Å². The van der Waals surface area contributed by atoms with E-state index in [0.29, 0.717) is 5.92 Å². The fraction of sp³-hybridized carbons (Fsp3) is 0.364. The van der Waals surface area contributed by atoms with Crippen LogP contribution < -0.4 is 0 Å². The summed E-state index contributed by atoms with van der Waals surface area (Å²) in [6.07, 6.45) is 0. The van der Waals surface area contributed by atoms with Crippen LogP contribution in [-0.2, 0) is 0 Å². The maximum absolute atomic E-state index is 3.83. The molecule has 1 rings (SSSR count). The molecule has 0 nitrogen and oxygen atoms in total. The molecule has 0 unspecified atom stereocenters. The summed E-state index contributed by atoms with van der Waals surface area (Å²) in [5, 5.41) is 0. The van der Waals surface area contributed by atoms with E-state index in [1.54, 1.807) is 0 Å². The van der Waals surface area contributed by atoms with Gasteiger partial charge in [0.05, 0.1) is 0 Å². The zero-order chi connectivity index (χ0) is 9.56. The highest BCUT2D eigenvalue weighted by Crippen LogP contribution is 2.13. The Morgan fingerprint density at radius 2 is 1.50 bits per heavy atom. The molecule has 0 aromatic heterocycles. The number of thiocarbonyl (C=S) groups is 1. The van der Waals surface area contributed by atoms with Crippen molar-refractivity contribution in [1.82, 2.24) is 0 Å². The van der Waals surface area contributed by atoms with Crippen molar-refractivity contribution in [2.45, 2.75) is 26.7 Å². The summed E-state index contributed by atoms with van der Waals surface area (Å²) in [5.41, 5.74) is 2.76. The van der Waals surface area contributed by atoms with Crippen molar-refractivity contribution >= 4 is 18.1 Å². The molecule has 0 radical (unpaired) electrons. The lowest BCUT2D eigenvalue weighted by atomic mass is 10.0. The third-order valence-electron chi connectivity index (χ3n) is 1.74. The van der Waals surface area contributed by atoms with Crippen LogP contribution in [0.4, 0.5) is 0 Å². The lowest BCUT2D eigenvalue weighted by molar-refractivity contribution is 0.866. The predicted molar refractivity (Wildman–Crippen MR) is 60.0 cm³/mol. The third-order valence-corrected chi connectivity index (χ3v) is 1.74. The monoisotopic (exact) mass is 180 g/mol. The van der Waals surface area contributed by atoms with Crippen LogP contribution in [0, 0.1) is 6.92 Å². The third kappa shape index (κ3) is 3.63. The molecule has 0 aliphatic carbocycles. The second kappa shape index (κ2) is 5.90. The van der Waals surface area contributed by atoms with E-state index < -0.39 is 0 Å². The van der Waals surface area contributed by atoms with Crippen LogP contribution in [-0.4, -0.2) is 5.87 Å². The average Bonchev–Trinajstić information content (AvgIpc) is 2.09. The number of hydrogen-bond acceptors (Lipinski definition) is 1. The fourth-order valence-corrected chi connectivity index (χ4v) is 0.951. The number of benzene rings is 1. The summed E-state index contributed by atoms with van der Waals surface area (Å²) in [6, 6.07) is 8.71. The smallest absolute Gasteiger partial charge is 0.0219 e. The standard InChI is InChI=1S/C10H14.CH2S/c1-8(2)10-6-4-9(3)5-7-10;1-2/h4-8H,1-3H3;1H2. The van der Waals surface area contributed by atoms with Gasteiger partial charge in [0, 0.05) is 0 Å². The van der Waals surface area contributed by atoms with Gasteiger partial charge in [-0.2, -0.15) is 0 Å². The lowest BCUT2D eigenvalue weighted by Crippen LogP contribution is -1.85. The van der Waals surface area contributed by atoms with Gasteiger partial charge >= 0.3 is 0 Å². The SMILES string of the molecule is C=S.Cc1ccc(C(C)C)cc1. The molecule has 0 fully saturated rings. The van der Waals surface area contributed by atoms with Gasteiger partial charge in [0.15, 0.2) is 0 Å². The van der Waals surface area contributed by atoms with E-state index in [4.69, 9.17) is 0 Å². The maximum Gasteiger partial charge on any atom is -0.0219 e. The molecule has 0 heterocycles. The summed E-state index contributed by atoms with van der Waals surface area (Å²) < 4.78 is 0. The molecule has 0 saturated heterocycles. The Hall–Kier alpha value is -0.690. The summed E-state index contributed by atoms with van der Waals surface area (Å²) in [7, 11) is 0. The van der Waals surface area contributed by atoms with Gasteiger partial charge in [0.25, 0.3) is 0 Å². The predicted octanol–water partition coefficient (Wildman–Crippen LogP) is 3.73. The van der Waals surface area contributed by atoms with Crippen LogP contribution in [0.2, 0.25) is 0 Å². The average molecular weight is 180 g/mol. The van der Waals surface area contributed by atoms with E-state index in [1.165, 1.54) is 11.1 Å². The molecule has 0 aliphatic heterocycles. The van der Waals surface area contributed by atoms with Crippen LogP contribution >= 0.6 is 12.2 Å². The molecule has 0 atom stereocenters. The summed E-state index contributed by atoms with van der Waals surface area (Å²) in [6.45, 7) is 6.54. The van der Waals surface area contributed by atoms with Crippen molar-refractivity contribution in [2.75, 3.05) is 0 Å². The normalized spacial score (nSPS) is 9.00. The Balaban J connectivity index is 0.000000561. The van der Waals surface area contributed by atoms with Gasteiger partial charge in [-0.3, -0.25) is 0 Å². The molecular formula is C11H16S. The first-order valence-electron chi connectivity index (χ1n) is 4.05. The summed E-state index contributed by atoms with van der Waals surface area (Å²) >= 11 is 3.83. The Morgan fingerprint density at radius 1 is 1.08 bits per heavy atom. The topological polar surface area (TPSA) is 0 Å². The number of aryl methyl sites for hydroxylation is 1. The number of hydrogen-bond donors (Lipinski definition) is 0. The first-order valence-corrected chi connectivity index (χ1v) is 4.63. The molecule has 0 bridgehead atoms. The quantitative estimate of drug-likeness (QED) is 0.593. The molecule has 0 saturated carbocycles. The van der Waals surface area contributed by atoms with Gasteiger partial charge in [-0.15, -0.1) is 0 Å². The first-order chi connectivity index (χ1) is 5.70. The van der Waals surface area contributed by atoms with E-state index in [1.807, 2.05) is 0 Å². The largest absolute Gasteiger partial charge is 0.0973 e. The van der Waals surface area contributed by atoms with E-state index >= 15 is 0 Å². The molecule has 0 N–H and O–H groups in total. The number of rotatable bonds is 1. The highest BCUT2D eigenvalue weighted by atomic mass is 32.1. The first kappa shape index (κ1) is 11.3. The van der Waals surface area contributed by atoms with Crippen molar-refractivity contribution < 1.29 is 0 Å². The van der Waals surface area contributed by atoms with Gasteiger partial charge in [0.2, 0.25) is 0 Å². The van der Waals surface area contributed by atoms with Crippen LogP contribution in [0.3, 0.4) is 0 Å². The fourth-order valence-electron chi connectivity index (χ4n) is 0.951. The molecule has 12 heavy (non-hydrogen) atoms. The zero-order valence-corrected chi connectivity index (χ0v) is 8.82. The van der Waals surface area contributed by atoms with Crippen molar-refractivity contribution in [3.05, 3.63) is 35.4 Å². The van der Waals surface area contributed by atoms with Gasteiger partial charge in [0.1, 0.15) is 0 Å². The van der Waals surface area contributed by atoms with Gasteiger partial charge in [-0.25, -0.2) is 0 Å². The Kier molecular flexibility index (Phi) is 5.56. The van der Waals surface area contributed by atoms with Crippen LogP contribution in [0.5, 0.6) is 0 Å². The summed E-state index contributed by atoms with van der Waals surface area (Å²) in [4.78, 5) is 0.